The summed E-state index contributed by atoms with van der Waals surface area (Å²) in [7, 11) is 0. The maximum Gasteiger partial charge on any atom is 0.409 e. The van der Waals surface area contributed by atoms with E-state index in [0.717, 1.165) is 6.20 Å². The molecule has 0 fully saturated rings. The maximum absolute atomic E-state index is 12.4. The molecular formula is C9H7ClF3N3. The summed E-state index contributed by atoms with van der Waals surface area (Å²) in [5, 5.41) is 0.320. The summed E-state index contributed by atoms with van der Waals surface area (Å²) in [6.45, 7) is 0. The molecule has 1 atom stereocenters. The SMILES string of the molecule is NC(c1cnc2ccc(Cl)cn12)C(F)(F)F. The molecule has 0 radical (unpaired) electrons. The van der Waals surface area contributed by atoms with Crippen molar-refractivity contribution in [3.05, 3.63) is 35.2 Å². The number of hydrogen-bond donors (Lipinski definition) is 1. The highest BCUT2D eigenvalue weighted by Crippen LogP contribution is 2.30. The Morgan fingerprint density at radius 1 is 1.38 bits per heavy atom. The van der Waals surface area contributed by atoms with Gasteiger partial charge in [0.1, 0.15) is 11.7 Å². The lowest BCUT2D eigenvalue weighted by atomic mass is 10.2. The Labute approximate surface area is 93.6 Å². The average Bonchev–Trinajstić information content (AvgIpc) is 2.57. The minimum absolute atomic E-state index is 0.134. The number of aromatic nitrogens is 2. The highest BCUT2D eigenvalue weighted by atomic mass is 35.5. The van der Waals surface area contributed by atoms with Crippen molar-refractivity contribution in [2.45, 2.75) is 12.2 Å². The maximum atomic E-state index is 12.4. The second-order valence-electron chi connectivity index (χ2n) is 3.28. The number of fused-ring (bicyclic) bond motifs is 1. The first-order valence-corrected chi connectivity index (χ1v) is 4.72. The lowest BCUT2D eigenvalue weighted by Crippen LogP contribution is -2.29. The van der Waals surface area contributed by atoms with Gasteiger partial charge in [-0.3, -0.25) is 0 Å². The van der Waals surface area contributed by atoms with Crippen molar-refractivity contribution in [3.8, 4) is 0 Å². The van der Waals surface area contributed by atoms with Crippen molar-refractivity contribution in [2.24, 2.45) is 5.73 Å². The molecule has 0 aromatic carbocycles. The third kappa shape index (κ3) is 1.85. The molecule has 0 amide bonds. The molecule has 16 heavy (non-hydrogen) atoms. The van der Waals surface area contributed by atoms with Crippen LogP contribution < -0.4 is 5.73 Å². The Morgan fingerprint density at radius 3 is 2.69 bits per heavy atom. The van der Waals surface area contributed by atoms with Gasteiger partial charge in [0.05, 0.1) is 16.9 Å². The first kappa shape index (κ1) is 11.2. The van der Waals surface area contributed by atoms with Gasteiger partial charge in [-0.15, -0.1) is 0 Å². The molecule has 2 aromatic heterocycles. The van der Waals surface area contributed by atoms with Crippen molar-refractivity contribution < 1.29 is 13.2 Å². The predicted molar refractivity (Wildman–Crippen MR) is 53.2 cm³/mol. The van der Waals surface area contributed by atoms with E-state index < -0.39 is 12.2 Å². The van der Waals surface area contributed by atoms with E-state index in [4.69, 9.17) is 17.3 Å². The molecule has 3 nitrogen and oxygen atoms in total. The van der Waals surface area contributed by atoms with Crippen molar-refractivity contribution in [1.29, 1.82) is 0 Å². The summed E-state index contributed by atoms with van der Waals surface area (Å²) in [4.78, 5) is 3.82. The van der Waals surface area contributed by atoms with Crippen LogP contribution in [0.3, 0.4) is 0 Å². The van der Waals surface area contributed by atoms with E-state index in [1.165, 1.54) is 16.7 Å². The Bertz CT molecular complexity index is 520. The molecular weight excluding hydrogens is 243 g/mol. The number of hydrogen-bond acceptors (Lipinski definition) is 2. The van der Waals surface area contributed by atoms with Crippen LogP contribution in [-0.4, -0.2) is 15.6 Å². The summed E-state index contributed by atoms with van der Waals surface area (Å²) < 4.78 is 38.6. The summed E-state index contributed by atoms with van der Waals surface area (Å²) >= 11 is 5.70. The molecule has 0 saturated heterocycles. The second-order valence-corrected chi connectivity index (χ2v) is 3.71. The highest BCUT2D eigenvalue weighted by Gasteiger charge is 2.39. The van der Waals surface area contributed by atoms with Crippen LogP contribution in [0.15, 0.2) is 24.5 Å². The number of pyridine rings is 1. The van der Waals surface area contributed by atoms with E-state index >= 15 is 0 Å². The Balaban J connectivity index is 2.57. The third-order valence-corrected chi connectivity index (χ3v) is 2.39. The van der Waals surface area contributed by atoms with Crippen molar-refractivity contribution in [2.75, 3.05) is 0 Å². The van der Waals surface area contributed by atoms with Gasteiger partial charge in [0.2, 0.25) is 0 Å². The lowest BCUT2D eigenvalue weighted by molar-refractivity contribution is -0.150. The standard InChI is InChI=1S/C9H7ClF3N3/c10-5-1-2-7-15-3-6(16(7)4-5)8(14)9(11,12)13/h1-4,8H,14H2. The van der Waals surface area contributed by atoms with Gasteiger partial charge in [-0.25, -0.2) is 4.98 Å². The van der Waals surface area contributed by atoms with Crippen molar-refractivity contribution >= 4 is 17.2 Å². The highest BCUT2D eigenvalue weighted by molar-refractivity contribution is 6.30. The largest absolute Gasteiger partial charge is 0.409 e. The van der Waals surface area contributed by atoms with Crippen LogP contribution in [0.4, 0.5) is 13.2 Å². The molecule has 2 heterocycles. The molecule has 2 rings (SSSR count). The Morgan fingerprint density at radius 2 is 2.06 bits per heavy atom. The number of nitrogens with two attached hydrogens (primary N) is 1. The monoisotopic (exact) mass is 249 g/mol. The molecule has 0 aliphatic heterocycles. The molecule has 0 spiro atoms. The Hall–Kier alpha value is -1.27. The number of imidazole rings is 1. The van der Waals surface area contributed by atoms with E-state index in [0.29, 0.717) is 10.7 Å². The fraction of sp³-hybridized carbons (Fsp3) is 0.222. The summed E-state index contributed by atoms with van der Waals surface area (Å²) in [6.07, 6.45) is -2.05. The average molecular weight is 250 g/mol. The van der Waals surface area contributed by atoms with E-state index in [2.05, 4.69) is 4.98 Å². The van der Waals surface area contributed by atoms with Gasteiger partial charge in [-0.2, -0.15) is 13.2 Å². The van der Waals surface area contributed by atoms with E-state index in [-0.39, 0.29) is 5.69 Å². The fourth-order valence-electron chi connectivity index (χ4n) is 1.37. The first-order chi connectivity index (χ1) is 7.39. The van der Waals surface area contributed by atoms with Crippen LogP contribution in [0.1, 0.15) is 11.7 Å². The molecule has 2 N–H and O–H groups in total. The van der Waals surface area contributed by atoms with Gasteiger partial charge in [0, 0.05) is 6.20 Å². The van der Waals surface area contributed by atoms with E-state index in [9.17, 15) is 13.2 Å². The zero-order valence-electron chi connectivity index (χ0n) is 7.87. The van der Waals surface area contributed by atoms with Gasteiger partial charge in [-0.05, 0) is 12.1 Å². The molecule has 1 unspecified atom stereocenters. The molecule has 0 aliphatic carbocycles. The number of rotatable bonds is 1. The van der Waals surface area contributed by atoms with E-state index in [1.54, 1.807) is 6.07 Å². The van der Waals surface area contributed by atoms with Crippen LogP contribution in [-0.2, 0) is 0 Å². The Kier molecular flexibility index (Phi) is 2.55. The number of halogens is 4. The van der Waals surface area contributed by atoms with Gasteiger partial charge in [-0.1, -0.05) is 11.6 Å². The van der Waals surface area contributed by atoms with Gasteiger partial charge in [0.25, 0.3) is 0 Å². The smallest absolute Gasteiger partial charge is 0.315 e. The third-order valence-electron chi connectivity index (χ3n) is 2.17. The minimum atomic E-state index is -4.50. The molecule has 7 heteroatoms. The summed E-state index contributed by atoms with van der Waals surface area (Å²) in [5.41, 5.74) is 5.34. The normalized spacial score (nSPS) is 14.3. The zero-order chi connectivity index (χ0) is 11.9. The summed E-state index contributed by atoms with van der Waals surface area (Å²) in [6, 6.07) is 1.00. The number of nitrogens with zero attached hydrogens (tertiary/aromatic N) is 2. The number of alkyl halides is 3. The molecule has 0 aliphatic rings. The van der Waals surface area contributed by atoms with Crippen LogP contribution in [0.5, 0.6) is 0 Å². The van der Waals surface area contributed by atoms with Crippen LogP contribution in [0.25, 0.3) is 5.65 Å². The minimum Gasteiger partial charge on any atom is -0.315 e. The second kappa shape index (κ2) is 3.64. The van der Waals surface area contributed by atoms with E-state index in [1.807, 2.05) is 0 Å². The molecule has 0 saturated carbocycles. The summed E-state index contributed by atoms with van der Waals surface area (Å²) in [5.74, 6) is 0. The van der Waals surface area contributed by atoms with Crippen molar-refractivity contribution in [3.63, 3.8) is 0 Å². The molecule has 2 aromatic rings. The topological polar surface area (TPSA) is 43.3 Å². The first-order valence-electron chi connectivity index (χ1n) is 4.34. The van der Waals surface area contributed by atoms with Crippen LogP contribution in [0.2, 0.25) is 5.02 Å². The predicted octanol–water partition coefficient (Wildman–Crippen LogP) is 2.55. The fourth-order valence-corrected chi connectivity index (χ4v) is 1.53. The van der Waals surface area contributed by atoms with Crippen LogP contribution in [0, 0.1) is 0 Å². The van der Waals surface area contributed by atoms with Crippen molar-refractivity contribution in [1.82, 2.24) is 9.38 Å². The van der Waals surface area contributed by atoms with Gasteiger partial charge in [0.15, 0.2) is 0 Å². The quantitative estimate of drug-likeness (QED) is 0.844. The van der Waals surface area contributed by atoms with Gasteiger partial charge < -0.3 is 10.1 Å². The lowest BCUT2D eigenvalue weighted by Gasteiger charge is -2.14. The van der Waals surface area contributed by atoms with Crippen LogP contribution >= 0.6 is 11.6 Å². The zero-order valence-corrected chi connectivity index (χ0v) is 8.63. The molecule has 0 bridgehead atoms. The molecule has 86 valence electrons. The van der Waals surface area contributed by atoms with Gasteiger partial charge >= 0.3 is 6.18 Å².